The van der Waals surface area contributed by atoms with Crippen LogP contribution in [0, 0.1) is 0 Å². The Morgan fingerprint density at radius 3 is 1.14 bits per heavy atom. The number of carbonyl (C=O) groups excluding carboxylic acids is 2. The van der Waals surface area contributed by atoms with Crippen molar-refractivity contribution in [2.75, 3.05) is 0 Å². The molecule has 35 valence electrons. The zero-order valence-electron chi connectivity index (χ0n) is 3.57. The van der Waals surface area contributed by atoms with E-state index in [1.807, 2.05) is 0 Å². The fourth-order valence-electron chi connectivity index (χ4n) is 0. The molecule has 0 aliphatic carbocycles. The second kappa shape index (κ2) is 3.97. The summed E-state index contributed by atoms with van der Waals surface area (Å²) in [5.41, 5.74) is 0. The summed E-state index contributed by atoms with van der Waals surface area (Å²) in [5, 5.41) is 0. The van der Waals surface area contributed by atoms with E-state index >= 15 is 0 Å². The third-order valence-electron chi connectivity index (χ3n) is 0.155. The molecule has 0 spiro atoms. The summed E-state index contributed by atoms with van der Waals surface area (Å²) in [6.07, 6.45) is 0. The molecular weight excluding hydrogens is 101 g/mol. The second-order valence-electron chi connectivity index (χ2n) is 0.547. The van der Waals surface area contributed by atoms with Gasteiger partial charge in [-0.25, -0.2) is 9.59 Å². The van der Waals surface area contributed by atoms with Crippen molar-refractivity contribution in [1.29, 1.82) is 0 Å². The normalized spacial score (nSPS) is 6.57. The van der Waals surface area contributed by atoms with E-state index in [0.717, 1.165) is 0 Å². The number of halogens is 2. The summed E-state index contributed by atoms with van der Waals surface area (Å²) >= 11 is 0. The molecule has 0 aromatic carbocycles. The van der Waals surface area contributed by atoms with Crippen molar-refractivity contribution in [1.82, 2.24) is 0 Å². The summed E-state index contributed by atoms with van der Waals surface area (Å²) in [4.78, 5) is 17.5. The fourth-order valence-corrected chi connectivity index (χ4v) is 0. The predicted octanol–water partition coefficient (Wildman–Crippen LogP) is -0.402. The summed E-state index contributed by atoms with van der Waals surface area (Å²) in [5.74, 6) is 0. The van der Waals surface area contributed by atoms with Crippen LogP contribution in [0.15, 0.2) is 0 Å². The van der Waals surface area contributed by atoms with Crippen LogP contribution in [0.5, 0.6) is 0 Å². The average Bonchev–Trinajstić information content (AvgIpc) is 1.36. The Hall–Kier alpha value is -0.203. The van der Waals surface area contributed by atoms with Crippen LogP contribution in [-0.2, 0) is 9.59 Å². The molecule has 7 heavy (non-hydrogen) atoms. The van der Waals surface area contributed by atoms with Crippen LogP contribution in [0.3, 0.4) is 0 Å². The van der Waals surface area contributed by atoms with Crippen molar-refractivity contribution in [2.45, 2.75) is 0 Å². The number of rotatable bonds is 1. The summed E-state index contributed by atoms with van der Waals surface area (Å²) in [6, 6.07) is -5.09. The van der Waals surface area contributed by atoms with Gasteiger partial charge in [0, 0.05) is 18.9 Å². The largest absolute Gasteiger partial charge is 0.401 e. The van der Waals surface area contributed by atoms with Crippen LogP contribution in [0.25, 0.3) is 0 Å². The van der Waals surface area contributed by atoms with E-state index in [1.165, 1.54) is 0 Å². The Kier molecular flexibility index (Phi) is 5.63. The number of carbonyl (C=O) groups is 2. The first-order valence-electron chi connectivity index (χ1n) is 1.04. The fraction of sp³-hybridized carbons (Fsp3) is 0. The predicted molar refractivity (Wildman–Crippen MR) is 18.0 cm³/mol. The molecule has 0 amide bonds. The maximum atomic E-state index is 10.5. The van der Waals surface area contributed by atoms with E-state index in [9.17, 15) is 8.78 Å². The van der Waals surface area contributed by atoms with Crippen LogP contribution in [0.2, 0.25) is 0 Å². The zero-order valence-corrected chi connectivity index (χ0v) is 3.57. The van der Waals surface area contributed by atoms with Crippen LogP contribution in [0.1, 0.15) is 0 Å². The van der Waals surface area contributed by atoms with Gasteiger partial charge in [0.15, 0.2) is 0 Å². The number of hydrogen-bond donors (Lipinski definition) is 0. The molecule has 5 heteroatoms. The van der Waals surface area contributed by atoms with Crippen molar-refractivity contribution >= 4 is 30.9 Å². The Labute approximate surface area is 50.1 Å². The van der Waals surface area contributed by atoms with Gasteiger partial charge in [0.05, 0.1) is 0 Å². The zero-order chi connectivity index (χ0) is 5.15. The Bertz CT molecular complexity index is 79.7. The quantitative estimate of drug-likeness (QED) is 0.256. The third kappa shape index (κ3) is 5.80. The molecule has 0 aromatic rings. The third-order valence-corrected chi connectivity index (χ3v) is 0.155. The van der Waals surface area contributed by atoms with E-state index < -0.39 is 12.1 Å². The van der Waals surface area contributed by atoms with Crippen LogP contribution >= 0.6 is 0 Å². The van der Waals surface area contributed by atoms with Gasteiger partial charge in [-0.15, -0.1) is 0 Å². The van der Waals surface area contributed by atoms with Crippen molar-refractivity contribution in [3.63, 3.8) is 0 Å². The topological polar surface area (TPSA) is 34.1 Å². The molecule has 0 atom stereocenters. The van der Waals surface area contributed by atoms with Crippen molar-refractivity contribution in [2.24, 2.45) is 0 Å². The van der Waals surface area contributed by atoms with Gasteiger partial charge in [-0.1, -0.05) is 0 Å². The molecule has 0 rings (SSSR count). The second-order valence-corrected chi connectivity index (χ2v) is 0.547. The molecule has 0 aromatic heterocycles. The van der Waals surface area contributed by atoms with Crippen LogP contribution in [-0.4, -0.2) is 30.9 Å². The molecule has 0 saturated carbocycles. The molecule has 0 aliphatic heterocycles. The number of hydrogen-bond acceptors (Lipinski definition) is 2. The van der Waals surface area contributed by atoms with Gasteiger partial charge in [-0.05, 0) is 0 Å². The first-order chi connectivity index (χ1) is 2.64. The molecule has 0 saturated heterocycles. The first kappa shape index (κ1) is 9.93. The SMILES string of the molecule is O=C(F)C(=O)F.[Li]. The molecule has 0 bridgehead atoms. The minimum absolute atomic E-state index is 0. The molecular formula is C2F2LiO2. The van der Waals surface area contributed by atoms with Crippen LogP contribution in [0.4, 0.5) is 8.78 Å². The smallest absolute Gasteiger partial charge is 0.249 e. The van der Waals surface area contributed by atoms with E-state index in [4.69, 9.17) is 9.59 Å². The van der Waals surface area contributed by atoms with Gasteiger partial charge < -0.3 is 0 Å². The molecule has 0 N–H and O–H groups in total. The summed E-state index contributed by atoms with van der Waals surface area (Å²) < 4.78 is 20.9. The summed E-state index contributed by atoms with van der Waals surface area (Å²) in [6.45, 7) is 0. The monoisotopic (exact) mass is 101 g/mol. The Morgan fingerprint density at radius 1 is 1.00 bits per heavy atom. The van der Waals surface area contributed by atoms with Crippen LogP contribution < -0.4 is 0 Å². The molecule has 0 fully saturated rings. The van der Waals surface area contributed by atoms with Gasteiger partial charge >= 0.3 is 12.1 Å². The van der Waals surface area contributed by atoms with Crippen molar-refractivity contribution in [3.8, 4) is 0 Å². The van der Waals surface area contributed by atoms with Gasteiger partial charge in [0.25, 0.3) is 0 Å². The molecule has 2 nitrogen and oxygen atoms in total. The minimum Gasteiger partial charge on any atom is -0.249 e. The van der Waals surface area contributed by atoms with Crippen molar-refractivity contribution < 1.29 is 18.4 Å². The molecule has 0 heterocycles. The average molecular weight is 101 g/mol. The van der Waals surface area contributed by atoms with E-state index in [2.05, 4.69) is 0 Å². The Balaban J connectivity index is 0. The van der Waals surface area contributed by atoms with E-state index in [1.54, 1.807) is 0 Å². The van der Waals surface area contributed by atoms with Gasteiger partial charge in [0.2, 0.25) is 0 Å². The maximum absolute atomic E-state index is 10.5. The molecule has 1 radical (unpaired) electrons. The standard InChI is InChI=1S/C2F2O2.Li/c3-1(5)2(4)6;. The maximum Gasteiger partial charge on any atom is 0.401 e. The minimum atomic E-state index is -2.55. The van der Waals surface area contributed by atoms with Gasteiger partial charge in [-0.2, -0.15) is 8.78 Å². The summed E-state index contributed by atoms with van der Waals surface area (Å²) in [7, 11) is 0. The molecule has 0 unspecified atom stereocenters. The van der Waals surface area contributed by atoms with E-state index in [0.29, 0.717) is 0 Å². The molecule has 0 aliphatic rings. The van der Waals surface area contributed by atoms with E-state index in [-0.39, 0.29) is 18.9 Å². The van der Waals surface area contributed by atoms with Gasteiger partial charge in [0.1, 0.15) is 0 Å². The van der Waals surface area contributed by atoms with Gasteiger partial charge in [-0.3, -0.25) is 0 Å². The Morgan fingerprint density at radius 2 is 1.14 bits per heavy atom. The van der Waals surface area contributed by atoms with Crippen molar-refractivity contribution in [3.05, 3.63) is 0 Å². The first-order valence-corrected chi connectivity index (χ1v) is 1.04.